The number of aromatic nitrogens is 1. The molecule has 2 nitrogen and oxygen atoms in total. The average Bonchev–Trinajstić information content (AvgIpc) is 2.66. The van der Waals surface area contributed by atoms with E-state index in [4.69, 9.17) is 0 Å². The van der Waals surface area contributed by atoms with Crippen molar-refractivity contribution in [3.05, 3.63) is 35.0 Å². The third-order valence-corrected chi connectivity index (χ3v) is 4.10. The minimum atomic E-state index is 0.697. The van der Waals surface area contributed by atoms with Crippen molar-refractivity contribution in [1.29, 1.82) is 0 Å². The number of hydrogen-bond donors (Lipinski definition) is 2. The third kappa shape index (κ3) is 1.87. The summed E-state index contributed by atoms with van der Waals surface area (Å²) in [6, 6.07) is 6.90. The number of aryl methyl sites for hydroxylation is 2. The van der Waals surface area contributed by atoms with E-state index in [0.29, 0.717) is 5.92 Å². The molecule has 0 saturated carbocycles. The van der Waals surface area contributed by atoms with Gasteiger partial charge in [-0.1, -0.05) is 6.07 Å². The number of nitrogens with one attached hydrogen (secondary N) is 2. The molecular formula is C15H20N2. The zero-order chi connectivity index (χ0) is 11.8. The van der Waals surface area contributed by atoms with Crippen molar-refractivity contribution >= 4 is 10.9 Å². The van der Waals surface area contributed by atoms with Gasteiger partial charge < -0.3 is 10.3 Å². The van der Waals surface area contributed by atoms with Crippen LogP contribution in [0.2, 0.25) is 0 Å². The monoisotopic (exact) mass is 228 g/mol. The second kappa shape index (κ2) is 4.19. The van der Waals surface area contributed by atoms with Gasteiger partial charge in [0.05, 0.1) is 0 Å². The lowest BCUT2D eigenvalue weighted by Gasteiger charge is -2.23. The summed E-state index contributed by atoms with van der Waals surface area (Å²) in [6.07, 6.45) is 2.62. The SMILES string of the molecule is Cc1[nH]c2ccc(C3CCCNC3)cc2c1C. The minimum absolute atomic E-state index is 0.697. The van der Waals surface area contributed by atoms with E-state index in [2.05, 4.69) is 42.3 Å². The molecule has 1 fully saturated rings. The minimum Gasteiger partial charge on any atom is -0.358 e. The number of aromatic amines is 1. The molecule has 1 aliphatic heterocycles. The van der Waals surface area contributed by atoms with Gasteiger partial charge in [-0.25, -0.2) is 0 Å². The predicted molar refractivity (Wildman–Crippen MR) is 72.6 cm³/mol. The van der Waals surface area contributed by atoms with E-state index in [1.54, 1.807) is 0 Å². The topological polar surface area (TPSA) is 27.8 Å². The first-order chi connectivity index (χ1) is 8.25. The molecule has 1 unspecified atom stereocenters. The first-order valence-corrected chi connectivity index (χ1v) is 6.55. The summed E-state index contributed by atoms with van der Waals surface area (Å²) in [5, 5.41) is 4.89. The number of fused-ring (bicyclic) bond motifs is 1. The largest absolute Gasteiger partial charge is 0.358 e. The van der Waals surface area contributed by atoms with Crippen molar-refractivity contribution in [2.24, 2.45) is 0 Å². The Hall–Kier alpha value is -1.28. The zero-order valence-corrected chi connectivity index (χ0v) is 10.6. The van der Waals surface area contributed by atoms with Gasteiger partial charge in [0, 0.05) is 23.1 Å². The summed E-state index contributed by atoms with van der Waals surface area (Å²) in [5.74, 6) is 0.697. The van der Waals surface area contributed by atoms with Crippen LogP contribution in [0.4, 0.5) is 0 Å². The fraction of sp³-hybridized carbons (Fsp3) is 0.467. The molecular weight excluding hydrogens is 208 g/mol. The number of piperidine rings is 1. The highest BCUT2D eigenvalue weighted by Crippen LogP contribution is 2.28. The van der Waals surface area contributed by atoms with Gasteiger partial charge in [0.1, 0.15) is 0 Å². The van der Waals surface area contributed by atoms with Crippen molar-refractivity contribution in [3.63, 3.8) is 0 Å². The Morgan fingerprint density at radius 3 is 2.88 bits per heavy atom. The maximum Gasteiger partial charge on any atom is 0.0458 e. The summed E-state index contributed by atoms with van der Waals surface area (Å²) >= 11 is 0. The fourth-order valence-corrected chi connectivity index (χ4v) is 2.87. The van der Waals surface area contributed by atoms with Gasteiger partial charge in [0.25, 0.3) is 0 Å². The Kier molecular flexibility index (Phi) is 2.67. The average molecular weight is 228 g/mol. The summed E-state index contributed by atoms with van der Waals surface area (Å²) in [4.78, 5) is 3.44. The first kappa shape index (κ1) is 10.8. The van der Waals surface area contributed by atoms with Crippen molar-refractivity contribution in [2.45, 2.75) is 32.6 Å². The molecule has 1 atom stereocenters. The molecule has 1 saturated heterocycles. The van der Waals surface area contributed by atoms with E-state index in [1.807, 2.05) is 0 Å². The molecule has 3 rings (SSSR count). The van der Waals surface area contributed by atoms with Crippen LogP contribution in [0.15, 0.2) is 18.2 Å². The van der Waals surface area contributed by atoms with Crippen molar-refractivity contribution in [2.75, 3.05) is 13.1 Å². The Morgan fingerprint density at radius 1 is 1.24 bits per heavy atom. The van der Waals surface area contributed by atoms with Crippen LogP contribution in [0.1, 0.15) is 35.6 Å². The van der Waals surface area contributed by atoms with Crippen LogP contribution in [0.25, 0.3) is 10.9 Å². The molecule has 0 bridgehead atoms. The third-order valence-electron chi connectivity index (χ3n) is 4.10. The highest BCUT2D eigenvalue weighted by Gasteiger charge is 2.16. The normalized spacial score (nSPS) is 20.9. The highest BCUT2D eigenvalue weighted by atomic mass is 14.9. The first-order valence-electron chi connectivity index (χ1n) is 6.55. The standard InChI is InChI=1S/C15H20N2/c1-10-11(2)17-15-6-5-12(8-14(10)15)13-4-3-7-16-9-13/h5-6,8,13,16-17H,3-4,7,9H2,1-2H3. The maximum atomic E-state index is 3.49. The van der Waals surface area contributed by atoms with Crippen LogP contribution < -0.4 is 5.32 Å². The summed E-state index contributed by atoms with van der Waals surface area (Å²) in [6.45, 7) is 6.67. The van der Waals surface area contributed by atoms with Crippen LogP contribution in [0.3, 0.4) is 0 Å². The summed E-state index contributed by atoms with van der Waals surface area (Å²) in [7, 11) is 0. The van der Waals surface area contributed by atoms with Crippen LogP contribution in [0, 0.1) is 13.8 Å². The molecule has 0 amide bonds. The van der Waals surface area contributed by atoms with Crippen LogP contribution >= 0.6 is 0 Å². The fourth-order valence-electron chi connectivity index (χ4n) is 2.87. The maximum absolute atomic E-state index is 3.49. The van der Waals surface area contributed by atoms with Crippen LogP contribution in [-0.2, 0) is 0 Å². The molecule has 17 heavy (non-hydrogen) atoms. The van der Waals surface area contributed by atoms with E-state index in [0.717, 1.165) is 6.54 Å². The van der Waals surface area contributed by atoms with Crippen molar-refractivity contribution in [1.82, 2.24) is 10.3 Å². The molecule has 2 N–H and O–H groups in total. The van der Waals surface area contributed by atoms with Gasteiger partial charge >= 0.3 is 0 Å². The van der Waals surface area contributed by atoms with Gasteiger partial charge in [-0.3, -0.25) is 0 Å². The molecule has 1 aromatic heterocycles. The van der Waals surface area contributed by atoms with Gasteiger partial charge in [0.2, 0.25) is 0 Å². The van der Waals surface area contributed by atoms with Gasteiger partial charge in [0.15, 0.2) is 0 Å². The number of H-pyrrole nitrogens is 1. The van der Waals surface area contributed by atoms with Crippen molar-refractivity contribution in [3.8, 4) is 0 Å². The molecule has 1 aliphatic rings. The number of rotatable bonds is 1. The quantitative estimate of drug-likeness (QED) is 0.770. The Morgan fingerprint density at radius 2 is 2.12 bits per heavy atom. The Bertz CT molecular complexity index is 533. The van der Waals surface area contributed by atoms with E-state index in [1.165, 1.54) is 47.1 Å². The van der Waals surface area contributed by atoms with E-state index < -0.39 is 0 Å². The smallest absolute Gasteiger partial charge is 0.0458 e. The second-order valence-corrected chi connectivity index (χ2v) is 5.22. The lowest BCUT2D eigenvalue weighted by atomic mass is 9.91. The molecule has 90 valence electrons. The zero-order valence-electron chi connectivity index (χ0n) is 10.6. The number of benzene rings is 1. The lowest BCUT2D eigenvalue weighted by Crippen LogP contribution is -2.28. The lowest BCUT2D eigenvalue weighted by molar-refractivity contribution is 0.462. The number of hydrogen-bond acceptors (Lipinski definition) is 1. The second-order valence-electron chi connectivity index (χ2n) is 5.22. The van der Waals surface area contributed by atoms with Crippen molar-refractivity contribution < 1.29 is 0 Å². The van der Waals surface area contributed by atoms with Crippen LogP contribution in [-0.4, -0.2) is 18.1 Å². The van der Waals surface area contributed by atoms with E-state index in [9.17, 15) is 0 Å². The van der Waals surface area contributed by atoms with Gasteiger partial charge in [-0.2, -0.15) is 0 Å². The van der Waals surface area contributed by atoms with E-state index in [-0.39, 0.29) is 0 Å². The predicted octanol–water partition coefficient (Wildman–Crippen LogP) is 3.25. The summed E-state index contributed by atoms with van der Waals surface area (Å²) < 4.78 is 0. The molecule has 0 spiro atoms. The molecule has 1 aromatic carbocycles. The van der Waals surface area contributed by atoms with E-state index >= 15 is 0 Å². The molecule has 0 aliphatic carbocycles. The highest BCUT2D eigenvalue weighted by molar-refractivity contribution is 5.85. The Labute approximate surface area is 102 Å². The van der Waals surface area contributed by atoms with Gasteiger partial charge in [-0.05, 0) is 62.4 Å². The van der Waals surface area contributed by atoms with Gasteiger partial charge in [-0.15, -0.1) is 0 Å². The molecule has 2 heterocycles. The molecule has 2 aromatic rings. The molecule has 0 radical (unpaired) electrons. The Balaban J connectivity index is 2.02. The summed E-state index contributed by atoms with van der Waals surface area (Å²) in [5.41, 5.74) is 5.45. The molecule has 2 heteroatoms. The van der Waals surface area contributed by atoms with Crippen LogP contribution in [0.5, 0.6) is 0 Å².